The van der Waals surface area contributed by atoms with Crippen molar-refractivity contribution in [2.75, 3.05) is 7.11 Å². The molecule has 2 aromatic carbocycles. The third-order valence-electron chi connectivity index (χ3n) is 3.73. The summed E-state index contributed by atoms with van der Waals surface area (Å²) in [4.78, 5) is 10.9. The van der Waals surface area contributed by atoms with Gasteiger partial charge in [-0.05, 0) is 36.4 Å². The summed E-state index contributed by atoms with van der Waals surface area (Å²) in [5, 5.41) is 21.6. The van der Waals surface area contributed by atoms with Gasteiger partial charge in [0.15, 0.2) is 0 Å². The Morgan fingerprint density at radius 2 is 1.96 bits per heavy atom. The molecule has 8 nitrogen and oxygen atoms in total. The molecule has 24 heavy (non-hydrogen) atoms. The number of nitrogens with one attached hydrogen (secondary N) is 1. The van der Waals surface area contributed by atoms with Gasteiger partial charge in [0.1, 0.15) is 5.75 Å². The van der Waals surface area contributed by atoms with E-state index in [0.717, 1.165) is 16.6 Å². The van der Waals surface area contributed by atoms with Gasteiger partial charge in [-0.25, -0.2) is 9.48 Å². The summed E-state index contributed by atoms with van der Waals surface area (Å²) < 4.78 is 11.6. The van der Waals surface area contributed by atoms with Gasteiger partial charge in [-0.2, -0.15) is 5.10 Å². The molecule has 0 saturated carbocycles. The number of benzene rings is 2. The second-order valence-corrected chi connectivity index (χ2v) is 5.08. The van der Waals surface area contributed by atoms with E-state index in [1.54, 1.807) is 42.3 Å². The molecule has 0 saturated heterocycles. The fourth-order valence-corrected chi connectivity index (χ4v) is 2.67. The first-order valence-corrected chi connectivity index (χ1v) is 7.07. The smallest absolute Gasteiger partial charge is 0.497 e. The Balaban J connectivity index is 2.01. The third kappa shape index (κ3) is 2.12. The van der Waals surface area contributed by atoms with Crippen LogP contribution in [0.1, 0.15) is 0 Å². The van der Waals surface area contributed by atoms with Gasteiger partial charge in [0.25, 0.3) is 5.88 Å². The normalized spacial score (nSPS) is 11.0. The molecule has 2 heterocycles. The van der Waals surface area contributed by atoms with Crippen molar-refractivity contribution in [3.05, 3.63) is 42.6 Å². The first kappa shape index (κ1) is 14.1. The Morgan fingerprint density at radius 1 is 1.17 bits per heavy atom. The maximum atomic E-state index is 10.9. The molecule has 0 unspecified atom stereocenters. The molecular weight excluding hydrogens is 312 g/mol. The number of hydrogen-bond donors (Lipinski definition) is 2. The first-order chi connectivity index (χ1) is 11.7. The lowest BCUT2D eigenvalue weighted by Crippen LogP contribution is -2.04. The van der Waals surface area contributed by atoms with Crippen molar-refractivity contribution in [1.82, 2.24) is 20.0 Å². The van der Waals surface area contributed by atoms with Crippen molar-refractivity contribution in [3.8, 4) is 17.3 Å². The minimum absolute atomic E-state index is 0.0245. The molecule has 0 aliphatic heterocycles. The van der Waals surface area contributed by atoms with Crippen LogP contribution >= 0.6 is 0 Å². The van der Waals surface area contributed by atoms with Gasteiger partial charge in [-0.1, -0.05) is 0 Å². The lowest BCUT2D eigenvalue weighted by molar-refractivity contribution is 0.143. The maximum absolute atomic E-state index is 10.9. The molecule has 0 aliphatic rings. The minimum Gasteiger partial charge on any atom is -0.497 e. The van der Waals surface area contributed by atoms with Gasteiger partial charge in [0.05, 0.1) is 35.4 Å². The van der Waals surface area contributed by atoms with Crippen LogP contribution in [0.15, 0.2) is 42.6 Å². The fourth-order valence-electron chi connectivity index (χ4n) is 2.67. The third-order valence-corrected chi connectivity index (χ3v) is 3.73. The van der Waals surface area contributed by atoms with Gasteiger partial charge in [-0.3, -0.25) is 5.10 Å². The number of carboxylic acid groups (broad SMARTS) is 1. The molecule has 120 valence electrons. The van der Waals surface area contributed by atoms with Crippen molar-refractivity contribution in [2.45, 2.75) is 0 Å². The van der Waals surface area contributed by atoms with Crippen LogP contribution in [0, 0.1) is 0 Å². The molecule has 0 bridgehead atoms. The summed E-state index contributed by atoms with van der Waals surface area (Å²) in [5.41, 5.74) is 2.27. The topological polar surface area (TPSA) is 102 Å². The molecule has 2 N–H and O–H groups in total. The van der Waals surface area contributed by atoms with E-state index in [0.29, 0.717) is 16.7 Å². The van der Waals surface area contributed by atoms with E-state index in [1.807, 2.05) is 12.1 Å². The van der Waals surface area contributed by atoms with Crippen molar-refractivity contribution in [1.29, 1.82) is 0 Å². The average molecular weight is 324 g/mol. The number of carbonyl (C=O) groups is 1. The van der Waals surface area contributed by atoms with Crippen LogP contribution in [0.25, 0.3) is 27.5 Å². The van der Waals surface area contributed by atoms with E-state index < -0.39 is 6.16 Å². The number of aromatic nitrogens is 4. The summed E-state index contributed by atoms with van der Waals surface area (Å²) in [6, 6.07) is 10.8. The standard InChI is InChI=1S/C16H12N4O4/c1-23-10-4-2-9(3-5-10)20-14-11(15(19-20)24-16(21)22)6-7-13-12(14)8-17-18-13/h2-8H,1H3,(H,17,18)(H,21,22). The number of rotatable bonds is 3. The minimum atomic E-state index is -1.41. The quantitative estimate of drug-likeness (QED) is 0.562. The van der Waals surface area contributed by atoms with Crippen molar-refractivity contribution < 1.29 is 19.4 Å². The maximum Gasteiger partial charge on any atom is 0.512 e. The molecule has 0 fully saturated rings. The summed E-state index contributed by atoms with van der Waals surface area (Å²) in [7, 11) is 1.59. The fraction of sp³-hybridized carbons (Fsp3) is 0.0625. The summed E-state index contributed by atoms with van der Waals surface area (Å²) in [5.74, 6) is 0.738. The van der Waals surface area contributed by atoms with Crippen molar-refractivity contribution >= 4 is 28.0 Å². The Bertz CT molecular complexity index is 1050. The van der Waals surface area contributed by atoms with Crippen molar-refractivity contribution in [3.63, 3.8) is 0 Å². The monoisotopic (exact) mass is 324 g/mol. The number of ether oxygens (including phenoxy) is 2. The second-order valence-electron chi connectivity index (χ2n) is 5.08. The highest BCUT2D eigenvalue weighted by molar-refractivity contribution is 6.06. The van der Waals surface area contributed by atoms with Crippen LogP contribution in [-0.4, -0.2) is 38.3 Å². The van der Waals surface area contributed by atoms with E-state index in [4.69, 9.17) is 14.6 Å². The van der Waals surface area contributed by atoms with E-state index in [2.05, 4.69) is 15.3 Å². The molecule has 4 rings (SSSR count). The predicted molar refractivity (Wildman–Crippen MR) is 85.9 cm³/mol. The molecule has 0 aliphatic carbocycles. The predicted octanol–water partition coefficient (Wildman–Crippen LogP) is 2.97. The number of methoxy groups -OCH3 is 1. The first-order valence-electron chi connectivity index (χ1n) is 7.07. The highest BCUT2D eigenvalue weighted by atomic mass is 16.7. The van der Waals surface area contributed by atoms with Crippen LogP contribution in [0.3, 0.4) is 0 Å². The van der Waals surface area contributed by atoms with E-state index in [-0.39, 0.29) is 5.88 Å². The number of hydrogen-bond acceptors (Lipinski definition) is 5. The molecule has 4 aromatic rings. The zero-order chi connectivity index (χ0) is 16.7. The Morgan fingerprint density at radius 3 is 2.67 bits per heavy atom. The molecule has 0 atom stereocenters. The molecule has 0 amide bonds. The number of fused-ring (bicyclic) bond motifs is 3. The van der Waals surface area contributed by atoms with Gasteiger partial charge in [-0.15, -0.1) is 5.10 Å². The van der Waals surface area contributed by atoms with E-state index in [1.165, 1.54) is 0 Å². The Labute approximate surface area is 135 Å². The largest absolute Gasteiger partial charge is 0.512 e. The molecule has 0 radical (unpaired) electrons. The van der Waals surface area contributed by atoms with E-state index >= 15 is 0 Å². The van der Waals surface area contributed by atoms with Crippen molar-refractivity contribution in [2.24, 2.45) is 0 Å². The molecule has 0 spiro atoms. The summed E-state index contributed by atoms with van der Waals surface area (Å²) >= 11 is 0. The second kappa shape index (κ2) is 5.27. The summed E-state index contributed by atoms with van der Waals surface area (Å²) in [6.45, 7) is 0. The lowest BCUT2D eigenvalue weighted by Gasteiger charge is -2.05. The van der Waals surface area contributed by atoms with Crippen LogP contribution < -0.4 is 9.47 Å². The number of aromatic amines is 1. The number of nitrogens with zero attached hydrogens (tertiary/aromatic N) is 3. The van der Waals surface area contributed by atoms with Gasteiger partial charge in [0.2, 0.25) is 0 Å². The van der Waals surface area contributed by atoms with Gasteiger partial charge in [0, 0.05) is 5.39 Å². The van der Waals surface area contributed by atoms with Crippen LogP contribution in [0.4, 0.5) is 4.79 Å². The lowest BCUT2D eigenvalue weighted by atomic mass is 10.2. The highest BCUT2D eigenvalue weighted by Gasteiger charge is 2.18. The van der Waals surface area contributed by atoms with Gasteiger partial charge < -0.3 is 14.6 Å². The van der Waals surface area contributed by atoms with Gasteiger partial charge >= 0.3 is 6.16 Å². The Hall–Kier alpha value is -3.55. The highest BCUT2D eigenvalue weighted by Crippen LogP contribution is 2.33. The number of H-pyrrole nitrogens is 1. The molecular formula is C16H12N4O4. The van der Waals surface area contributed by atoms with Crippen LogP contribution in [-0.2, 0) is 0 Å². The average Bonchev–Trinajstić information content (AvgIpc) is 3.19. The van der Waals surface area contributed by atoms with Crippen LogP contribution in [0.2, 0.25) is 0 Å². The summed E-state index contributed by atoms with van der Waals surface area (Å²) in [6.07, 6.45) is 0.257. The molecule has 8 heteroatoms. The molecule has 2 aromatic heterocycles. The van der Waals surface area contributed by atoms with Crippen LogP contribution in [0.5, 0.6) is 11.6 Å². The Kier molecular flexibility index (Phi) is 3.09. The zero-order valence-electron chi connectivity index (χ0n) is 12.6. The SMILES string of the molecule is COc1ccc(-n2nc(OC(=O)O)c3ccc4[nH]ncc4c32)cc1. The van der Waals surface area contributed by atoms with E-state index in [9.17, 15) is 4.79 Å². The zero-order valence-corrected chi connectivity index (χ0v) is 12.6.